The first-order chi connectivity index (χ1) is 15.2. The third-order valence-electron chi connectivity index (χ3n) is 5.64. The summed E-state index contributed by atoms with van der Waals surface area (Å²) >= 11 is 6.14. The van der Waals surface area contributed by atoms with Crippen LogP contribution in [0.15, 0.2) is 61.1 Å². The van der Waals surface area contributed by atoms with Crippen LogP contribution in [0, 0.1) is 0 Å². The van der Waals surface area contributed by atoms with Crippen molar-refractivity contribution < 1.29 is 0 Å². The molecule has 1 saturated heterocycles. The van der Waals surface area contributed by atoms with E-state index in [0.717, 1.165) is 60.9 Å². The largest absolute Gasteiger partial charge is 0.340 e. The van der Waals surface area contributed by atoms with Crippen LogP contribution in [0.2, 0.25) is 5.02 Å². The highest BCUT2D eigenvalue weighted by Crippen LogP contribution is 2.25. The smallest absolute Gasteiger partial charge is 0.168 e. The monoisotopic (exact) mass is 433 g/mol. The van der Waals surface area contributed by atoms with E-state index in [1.807, 2.05) is 24.3 Å². The fourth-order valence-corrected chi connectivity index (χ4v) is 4.02. The van der Waals surface area contributed by atoms with Gasteiger partial charge in [0.25, 0.3) is 0 Å². The first kappa shape index (κ1) is 19.9. The van der Waals surface area contributed by atoms with Gasteiger partial charge in [0.1, 0.15) is 12.1 Å². The van der Waals surface area contributed by atoms with Gasteiger partial charge in [-0.25, -0.2) is 14.6 Å². The quantitative estimate of drug-likeness (QED) is 0.514. The number of aromatic nitrogens is 4. The van der Waals surface area contributed by atoms with Gasteiger partial charge in [0.2, 0.25) is 0 Å². The van der Waals surface area contributed by atoms with Gasteiger partial charge >= 0.3 is 0 Å². The van der Waals surface area contributed by atoms with Crippen LogP contribution in [0.3, 0.4) is 0 Å². The molecule has 0 spiro atoms. The molecule has 0 atom stereocenters. The zero-order chi connectivity index (χ0) is 21.2. The Morgan fingerprint density at radius 2 is 1.81 bits per heavy atom. The van der Waals surface area contributed by atoms with Crippen molar-refractivity contribution >= 4 is 34.1 Å². The lowest BCUT2D eigenvalue weighted by Gasteiger charge is -2.32. The number of nitrogens with one attached hydrogen (secondary N) is 1. The number of fused-ring (bicyclic) bond motifs is 1. The first-order valence-corrected chi connectivity index (χ1v) is 10.7. The van der Waals surface area contributed by atoms with Gasteiger partial charge < -0.3 is 10.2 Å². The van der Waals surface area contributed by atoms with E-state index in [4.69, 9.17) is 11.6 Å². The topological polar surface area (TPSA) is 62.1 Å². The Hall–Kier alpha value is -3.00. The van der Waals surface area contributed by atoms with Crippen LogP contribution in [0.25, 0.3) is 16.7 Å². The standard InChI is InChI=1S/C23H24ClN7/c1-29-9-11-30(12-10-29)15-17-5-7-19(8-6-17)28-22-21-14-27-31(23(21)26-16-25-22)20-4-2-3-18(24)13-20/h2-8,13-14,16H,9-12,15H2,1H3,(H,25,26,28). The minimum Gasteiger partial charge on any atom is -0.340 e. The maximum absolute atomic E-state index is 6.14. The highest BCUT2D eigenvalue weighted by Gasteiger charge is 2.14. The number of likely N-dealkylation sites (N-methyl/N-ethyl adjacent to an activating group) is 1. The summed E-state index contributed by atoms with van der Waals surface area (Å²) in [5, 5.41) is 9.42. The third-order valence-corrected chi connectivity index (χ3v) is 5.87. The van der Waals surface area contributed by atoms with E-state index < -0.39 is 0 Å². The van der Waals surface area contributed by atoms with Crippen LogP contribution in [0.5, 0.6) is 0 Å². The summed E-state index contributed by atoms with van der Waals surface area (Å²) < 4.78 is 1.77. The second-order valence-electron chi connectivity index (χ2n) is 7.90. The molecule has 0 saturated carbocycles. The molecule has 1 aliphatic rings. The van der Waals surface area contributed by atoms with Crippen molar-refractivity contribution in [3.63, 3.8) is 0 Å². The Morgan fingerprint density at radius 1 is 1.00 bits per heavy atom. The van der Waals surface area contributed by atoms with Crippen LogP contribution in [0.1, 0.15) is 5.56 Å². The molecule has 2 aromatic carbocycles. The molecule has 158 valence electrons. The summed E-state index contributed by atoms with van der Waals surface area (Å²) in [7, 11) is 2.18. The van der Waals surface area contributed by atoms with Gasteiger partial charge in [-0.1, -0.05) is 29.8 Å². The van der Waals surface area contributed by atoms with Gasteiger partial charge in [-0.2, -0.15) is 5.10 Å². The van der Waals surface area contributed by atoms with E-state index in [9.17, 15) is 0 Å². The fourth-order valence-electron chi connectivity index (χ4n) is 3.83. The van der Waals surface area contributed by atoms with Crippen LogP contribution in [0.4, 0.5) is 11.5 Å². The minimum absolute atomic E-state index is 0.658. The Morgan fingerprint density at radius 3 is 2.58 bits per heavy atom. The molecule has 1 fully saturated rings. The summed E-state index contributed by atoms with van der Waals surface area (Å²) in [4.78, 5) is 13.7. The summed E-state index contributed by atoms with van der Waals surface area (Å²) in [6, 6.07) is 16.1. The summed E-state index contributed by atoms with van der Waals surface area (Å²) in [6.07, 6.45) is 3.33. The van der Waals surface area contributed by atoms with Crippen molar-refractivity contribution in [2.24, 2.45) is 0 Å². The number of hydrogen-bond acceptors (Lipinski definition) is 6. The minimum atomic E-state index is 0.658. The number of piperazine rings is 1. The zero-order valence-electron chi connectivity index (χ0n) is 17.4. The van der Waals surface area contributed by atoms with Gasteiger partial charge in [-0.15, -0.1) is 0 Å². The number of benzene rings is 2. The lowest BCUT2D eigenvalue weighted by atomic mass is 10.1. The zero-order valence-corrected chi connectivity index (χ0v) is 18.1. The van der Waals surface area contributed by atoms with Crippen molar-refractivity contribution in [1.82, 2.24) is 29.5 Å². The van der Waals surface area contributed by atoms with Crippen molar-refractivity contribution in [3.8, 4) is 5.69 Å². The molecule has 4 aromatic rings. The van der Waals surface area contributed by atoms with E-state index in [0.29, 0.717) is 5.02 Å². The second kappa shape index (κ2) is 8.63. The number of rotatable bonds is 5. The average molecular weight is 434 g/mol. The molecular formula is C23H24ClN7. The molecule has 7 nitrogen and oxygen atoms in total. The lowest BCUT2D eigenvalue weighted by Crippen LogP contribution is -2.43. The maximum Gasteiger partial charge on any atom is 0.168 e. The van der Waals surface area contributed by atoms with Gasteiger partial charge in [0, 0.05) is 43.4 Å². The van der Waals surface area contributed by atoms with E-state index in [1.165, 1.54) is 5.56 Å². The number of hydrogen-bond donors (Lipinski definition) is 1. The molecule has 2 aromatic heterocycles. The predicted molar refractivity (Wildman–Crippen MR) is 124 cm³/mol. The van der Waals surface area contributed by atoms with Gasteiger partial charge in [-0.05, 0) is 42.9 Å². The van der Waals surface area contributed by atoms with Crippen molar-refractivity contribution in [1.29, 1.82) is 0 Å². The first-order valence-electron chi connectivity index (χ1n) is 10.4. The molecule has 31 heavy (non-hydrogen) atoms. The van der Waals surface area contributed by atoms with Crippen molar-refractivity contribution in [3.05, 3.63) is 71.6 Å². The highest BCUT2D eigenvalue weighted by atomic mass is 35.5. The SMILES string of the molecule is CN1CCN(Cc2ccc(Nc3ncnc4c3cnn4-c3cccc(Cl)c3)cc2)CC1. The molecule has 1 aliphatic heterocycles. The fraction of sp³-hybridized carbons (Fsp3) is 0.261. The van der Waals surface area contributed by atoms with Crippen LogP contribution < -0.4 is 5.32 Å². The number of anilines is 2. The third kappa shape index (κ3) is 4.39. The van der Waals surface area contributed by atoms with Gasteiger partial charge in [0.05, 0.1) is 17.3 Å². The summed E-state index contributed by atoms with van der Waals surface area (Å²) in [5.74, 6) is 0.727. The molecular weight excluding hydrogens is 410 g/mol. The van der Waals surface area contributed by atoms with E-state index in [1.54, 1.807) is 17.2 Å². The van der Waals surface area contributed by atoms with Crippen molar-refractivity contribution in [2.45, 2.75) is 6.54 Å². The maximum atomic E-state index is 6.14. The lowest BCUT2D eigenvalue weighted by molar-refractivity contribution is 0.148. The molecule has 1 N–H and O–H groups in total. The van der Waals surface area contributed by atoms with Gasteiger partial charge in [-0.3, -0.25) is 4.90 Å². The normalized spacial score (nSPS) is 15.4. The number of halogens is 1. The van der Waals surface area contributed by atoms with Crippen LogP contribution in [-0.4, -0.2) is 62.8 Å². The molecule has 0 radical (unpaired) electrons. The van der Waals surface area contributed by atoms with E-state index in [2.05, 4.69) is 61.5 Å². The average Bonchev–Trinajstić information content (AvgIpc) is 3.22. The molecule has 0 unspecified atom stereocenters. The summed E-state index contributed by atoms with van der Waals surface area (Å²) in [6.45, 7) is 5.48. The predicted octanol–water partition coefficient (Wildman–Crippen LogP) is 3.96. The molecule has 0 amide bonds. The molecule has 0 bridgehead atoms. The second-order valence-corrected chi connectivity index (χ2v) is 8.33. The number of nitrogens with zero attached hydrogens (tertiary/aromatic N) is 6. The van der Waals surface area contributed by atoms with Crippen molar-refractivity contribution in [2.75, 3.05) is 38.5 Å². The Balaban J connectivity index is 1.34. The summed E-state index contributed by atoms with van der Waals surface area (Å²) in [5.41, 5.74) is 3.89. The van der Waals surface area contributed by atoms with Gasteiger partial charge in [0.15, 0.2) is 5.65 Å². The van der Waals surface area contributed by atoms with E-state index >= 15 is 0 Å². The molecule has 3 heterocycles. The Kier molecular flexibility index (Phi) is 5.55. The molecule has 8 heteroatoms. The Bertz CT molecular complexity index is 1180. The Labute approximate surface area is 186 Å². The molecule has 0 aliphatic carbocycles. The van der Waals surface area contributed by atoms with Crippen LogP contribution in [-0.2, 0) is 6.54 Å². The van der Waals surface area contributed by atoms with Crippen LogP contribution >= 0.6 is 11.6 Å². The van der Waals surface area contributed by atoms with E-state index in [-0.39, 0.29) is 0 Å². The molecule has 5 rings (SSSR count). The highest BCUT2D eigenvalue weighted by molar-refractivity contribution is 6.30.